The van der Waals surface area contributed by atoms with Crippen LogP contribution in [0.4, 0.5) is 0 Å². The third kappa shape index (κ3) is 3.84. The lowest BCUT2D eigenvalue weighted by molar-refractivity contribution is -0.137. The fourth-order valence-corrected chi connectivity index (χ4v) is 2.72. The van der Waals surface area contributed by atoms with Gasteiger partial charge in [-0.2, -0.15) is 0 Å². The molecule has 98 valence electrons. The van der Waals surface area contributed by atoms with Gasteiger partial charge in [0.25, 0.3) is 0 Å². The van der Waals surface area contributed by atoms with Gasteiger partial charge in [0.2, 0.25) is 5.91 Å². The molecule has 1 aliphatic rings. The monoisotopic (exact) mass is 238 g/mol. The highest BCUT2D eigenvalue weighted by atomic mass is 16.2. The van der Waals surface area contributed by atoms with Crippen molar-refractivity contribution in [1.29, 1.82) is 0 Å². The largest absolute Gasteiger partial charge is 0.339 e. The summed E-state index contributed by atoms with van der Waals surface area (Å²) >= 11 is 0. The van der Waals surface area contributed by atoms with Crippen LogP contribution in [0.2, 0.25) is 0 Å². The Morgan fingerprint density at radius 2 is 2.06 bits per heavy atom. The van der Waals surface area contributed by atoms with Crippen LogP contribution >= 0.6 is 0 Å². The molecule has 17 heavy (non-hydrogen) atoms. The average Bonchev–Trinajstić information content (AvgIpc) is 2.34. The number of nitrogens with two attached hydrogens (primary N) is 1. The van der Waals surface area contributed by atoms with Crippen LogP contribution in [0.1, 0.15) is 39.5 Å². The van der Waals surface area contributed by atoms with Gasteiger partial charge in [-0.15, -0.1) is 0 Å². The summed E-state index contributed by atoms with van der Waals surface area (Å²) < 4.78 is 0. The van der Waals surface area contributed by atoms with Gasteiger partial charge in [-0.05, 0) is 39.2 Å². The summed E-state index contributed by atoms with van der Waals surface area (Å²) in [4.78, 5) is 14.4. The van der Waals surface area contributed by atoms with E-state index in [-0.39, 0.29) is 11.8 Å². The molecule has 1 amide bonds. The number of nitrogens with zero attached hydrogens (tertiary/aromatic N) is 1. The van der Waals surface area contributed by atoms with E-state index in [0.717, 1.165) is 31.4 Å². The summed E-state index contributed by atoms with van der Waals surface area (Å²) in [5, 5.41) is 0. The lowest BCUT2D eigenvalue weighted by Crippen LogP contribution is -2.42. The molecule has 0 heterocycles. The summed E-state index contributed by atoms with van der Waals surface area (Å²) in [6.45, 7) is 9.98. The van der Waals surface area contributed by atoms with Gasteiger partial charge in [-0.25, -0.2) is 0 Å². The number of carbonyl (C=O) groups excluding carboxylic acids is 1. The average molecular weight is 238 g/mol. The van der Waals surface area contributed by atoms with Gasteiger partial charge < -0.3 is 10.6 Å². The van der Waals surface area contributed by atoms with Crippen molar-refractivity contribution in [2.75, 3.05) is 19.6 Å². The molecule has 3 heteroatoms. The van der Waals surface area contributed by atoms with Crippen LogP contribution in [0, 0.1) is 11.8 Å². The minimum Gasteiger partial charge on any atom is -0.339 e. The van der Waals surface area contributed by atoms with Gasteiger partial charge in [-0.1, -0.05) is 25.0 Å². The van der Waals surface area contributed by atoms with E-state index in [4.69, 9.17) is 5.73 Å². The summed E-state index contributed by atoms with van der Waals surface area (Å²) in [6.07, 6.45) is 4.50. The minimum absolute atomic E-state index is 0.146. The molecule has 1 fully saturated rings. The van der Waals surface area contributed by atoms with Crippen LogP contribution in [-0.2, 0) is 4.79 Å². The fraction of sp³-hybridized carbons (Fsp3) is 0.786. The first kappa shape index (κ1) is 14.2. The second-order valence-electron chi connectivity index (χ2n) is 5.20. The molecule has 1 rings (SSSR count). The Bertz CT molecular complexity index is 275. The zero-order valence-electron chi connectivity index (χ0n) is 11.2. The standard InChI is InChI=1S/C14H26N2O/c1-4-16(10-11(2)3)14(17)13-8-6-5-7-12(13)9-15/h12-13H,2,4-10,15H2,1,3H3. The van der Waals surface area contributed by atoms with Crippen molar-refractivity contribution in [2.45, 2.75) is 39.5 Å². The van der Waals surface area contributed by atoms with E-state index in [1.165, 1.54) is 6.42 Å². The van der Waals surface area contributed by atoms with Gasteiger partial charge in [-0.3, -0.25) is 4.79 Å². The first-order valence-electron chi connectivity index (χ1n) is 6.73. The minimum atomic E-state index is 0.146. The maximum atomic E-state index is 12.5. The van der Waals surface area contributed by atoms with E-state index in [0.29, 0.717) is 19.0 Å². The van der Waals surface area contributed by atoms with Gasteiger partial charge in [0.1, 0.15) is 0 Å². The third-order valence-electron chi connectivity index (χ3n) is 3.68. The Kier molecular flexibility index (Phi) is 5.69. The number of carbonyl (C=O) groups is 1. The molecule has 0 saturated heterocycles. The van der Waals surface area contributed by atoms with E-state index >= 15 is 0 Å². The molecule has 2 unspecified atom stereocenters. The zero-order chi connectivity index (χ0) is 12.8. The summed E-state index contributed by atoms with van der Waals surface area (Å²) in [5.74, 6) is 0.814. The number of hydrogen-bond acceptors (Lipinski definition) is 2. The zero-order valence-corrected chi connectivity index (χ0v) is 11.2. The smallest absolute Gasteiger partial charge is 0.226 e. The fourth-order valence-electron chi connectivity index (χ4n) is 2.72. The highest BCUT2D eigenvalue weighted by molar-refractivity contribution is 5.79. The molecule has 0 radical (unpaired) electrons. The molecule has 1 saturated carbocycles. The number of likely N-dealkylation sites (N-methyl/N-ethyl adjacent to an activating group) is 1. The van der Waals surface area contributed by atoms with Crippen LogP contribution in [0.3, 0.4) is 0 Å². The van der Waals surface area contributed by atoms with E-state index in [9.17, 15) is 4.79 Å². The highest BCUT2D eigenvalue weighted by Crippen LogP contribution is 2.30. The number of rotatable bonds is 5. The molecular formula is C14H26N2O. The SMILES string of the molecule is C=C(C)CN(CC)C(=O)C1CCCCC1CN. The van der Waals surface area contributed by atoms with Crippen molar-refractivity contribution in [3.8, 4) is 0 Å². The summed E-state index contributed by atoms with van der Waals surface area (Å²) in [7, 11) is 0. The topological polar surface area (TPSA) is 46.3 Å². The number of amides is 1. The Hall–Kier alpha value is -0.830. The van der Waals surface area contributed by atoms with E-state index in [1.807, 2.05) is 18.7 Å². The Morgan fingerprint density at radius 1 is 1.41 bits per heavy atom. The summed E-state index contributed by atoms with van der Waals surface area (Å²) in [5.41, 5.74) is 6.83. The normalized spacial score (nSPS) is 24.4. The highest BCUT2D eigenvalue weighted by Gasteiger charge is 2.32. The Morgan fingerprint density at radius 3 is 2.59 bits per heavy atom. The summed E-state index contributed by atoms with van der Waals surface area (Å²) in [6, 6.07) is 0. The van der Waals surface area contributed by atoms with Crippen LogP contribution < -0.4 is 5.73 Å². The van der Waals surface area contributed by atoms with Crippen molar-refractivity contribution in [2.24, 2.45) is 17.6 Å². The van der Waals surface area contributed by atoms with Gasteiger partial charge in [0.05, 0.1) is 0 Å². The van der Waals surface area contributed by atoms with Gasteiger partial charge >= 0.3 is 0 Å². The molecule has 0 aromatic heterocycles. The van der Waals surface area contributed by atoms with Crippen LogP contribution in [0.5, 0.6) is 0 Å². The first-order chi connectivity index (χ1) is 8.10. The van der Waals surface area contributed by atoms with Crippen molar-refractivity contribution in [3.63, 3.8) is 0 Å². The van der Waals surface area contributed by atoms with Crippen LogP contribution in [0.15, 0.2) is 12.2 Å². The maximum absolute atomic E-state index is 12.5. The third-order valence-corrected chi connectivity index (χ3v) is 3.68. The van der Waals surface area contributed by atoms with E-state index < -0.39 is 0 Å². The maximum Gasteiger partial charge on any atom is 0.226 e. The van der Waals surface area contributed by atoms with Crippen molar-refractivity contribution < 1.29 is 4.79 Å². The molecule has 2 N–H and O–H groups in total. The lowest BCUT2D eigenvalue weighted by atomic mass is 9.78. The van der Waals surface area contributed by atoms with Crippen molar-refractivity contribution in [3.05, 3.63) is 12.2 Å². The molecule has 0 spiro atoms. The predicted molar refractivity (Wildman–Crippen MR) is 71.6 cm³/mol. The van der Waals surface area contributed by atoms with E-state index in [1.54, 1.807) is 0 Å². The van der Waals surface area contributed by atoms with Crippen LogP contribution in [-0.4, -0.2) is 30.4 Å². The Labute approximate surface area is 105 Å². The van der Waals surface area contributed by atoms with Crippen LogP contribution in [0.25, 0.3) is 0 Å². The first-order valence-corrected chi connectivity index (χ1v) is 6.73. The molecule has 2 atom stereocenters. The van der Waals surface area contributed by atoms with Crippen molar-refractivity contribution >= 4 is 5.91 Å². The molecule has 0 aromatic rings. The number of hydrogen-bond donors (Lipinski definition) is 1. The quantitative estimate of drug-likeness (QED) is 0.746. The van der Waals surface area contributed by atoms with Gasteiger partial charge in [0, 0.05) is 19.0 Å². The molecular weight excluding hydrogens is 212 g/mol. The molecule has 0 aliphatic heterocycles. The Balaban J connectivity index is 2.67. The second kappa shape index (κ2) is 6.80. The molecule has 0 bridgehead atoms. The molecule has 0 aromatic carbocycles. The van der Waals surface area contributed by atoms with Crippen molar-refractivity contribution in [1.82, 2.24) is 4.90 Å². The molecule has 1 aliphatic carbocycles. The molecule has 3 nitrogen and oxygen atoms in total. The van der Waals surface area contributed by atoms with Gasteiger partial charge in [0.15, 0.2) is 0 Å². The van der Waals surface area contributed by atoms with E-state index in [2.05, 4.69) is 6.58 Å². The predicted octanol–water partition coefficient (Wildman–Crippen LogP) is 2.18. The lowest BCUT2D eigenvalue weighted by Gasteiger charge is -2.34. The second-order valence-corrected chi connectivity index (χ2v) is 5.20.